The Morgan fingerprint density at radius 3 is 2.78 bits per heavy atom. The average Bonchev–Trinajstić information content (AvgIpc) is 2.27. The molecule has 18 heavy (non-hydrogen) atoms. The average molecular weight is 291 g/mol. The summed E-state index contributed by atoms with van der Waals surface area (Å²) in [7, 11) is -1.17. The maximum absolute atomic E-state index is 12.1. The van der Waals surface area contributed by atoms with E-state index in [0.717, 1.165) is 25.8 Å². The number of hydrogen-bond donors (Lipinski definition) is 1. The fourth-order valence-corrected chi connectivity index (χ4v) is 4.93. The molecule has 2 N–H and O–H groups in total. The summed E-state index contributed by atoms with van der Waals surface area (Å²) in [5.41, 5.74) is 5.36. The minimum absolute atomic E-state index is 0.0536. The number of nitrogens with two attached hydrogens (primary N) is 1. The molecule has 2 atom stereocenters. The predicted molar refractivity (Wildman–Crippen MR) is 75.9 cm³/mol. The van der Waals surface area contributed by atoms with Crippen molar-refractivity contribution in [2.24, 2.45) is 11.7 Å². The monoisotopic (exact) mass is 291 g/mol. The lowest BCUT2D eigenvalue weighted by atomic mass is 9.85. The van der Waals surface area contributed by atoms with E-state index in [4.69, 9.17) is 18.0 Å². The van der Waals surface area contributed by atoms with Gasteiger partial charge in [-0.3, -0.25) is 0 Å². The van der Waals surface area contributed by atoms with Gasteiger partial charge in [-0.1, -0.05) is 12.2 Å². The Bertz CT molecular complexity index is 424. The van der Waals surface area contributed by atoms with Crippen LogP contribution in [0.4, 0.5) is 0 Å². The van der Waals surface area contributed by atoms with Crippen LogP contribution in [0.25, 0.3) is 0 Å². The number of thiocarbonyl (C=S) groups is 1. The quantitative estimate of drug-likeness (QED) is 0.743. The fourth-order valence-electron chi connectivity index (χ4n) is 3.14. The van der Waals surface area contributed by atoms with Crippen LogP contribution in [0.2, 0.25) is 0 Å². The van der Waals surface area contributed by atoms with Crippen molar-refractivity contribution in [3.05, 3.63) is 0 Å². The van der Waals surface area contributed by atoms with Crippen molar-refractivity contribution in [1.29, 1.82) is 0 Å². The van der Waals surface area contributed by atoms with Gasteiger partial charge in [0.25, 0.3) is 0 Å². The van der Waals surface area contributed by atoms with Gasteiger partial charge in [0.05, 0.1) is 4.99 Å². The summed E-state index contributed by atoms with van der Waals surface area (Å²) in [5.74, 6) is 0.258. The first-order chi connectivity index (χ1) is 8.40. The minimum Gasteiger partial charge on any atom is -0.392 e. The van der Waals surface area contributed by atoms with Crippen LogP contribution in [0.5, 0.6) is 0 Å². The van der Waals surface area contributed by atoms with Crippen LogP contribution < -0.4 is 5.73 Å². The highest BCUT2D eigenvalue weighted by Crippen LogP contribution is 2.30. The van der Waals surface area contributed by atoms with Crippen molar-refractivity contribution >= 4 is 27.2 Å². The summed E-state index contributed by atoms with van der Waals surface area (Å²) in [6, 6.07) is 0.537. The molecule has 0 radical (unpaired) electrons. The normalized spacial score (nSPS) is 30.9. The summed E-state index contributed by atoms with van der Waals surface area (Å²) in [5, 5.41) is 0. The number of hydrogen-bond acceptors (Lipinski definition) is 4. The second kappa shape index (κ2) is 5.40. The van der Waals surface area contributed by atoms with Gasteiger partial charge in [0.2, 0.25) is 10.0 Å². The zero-order valence-electron chi connectivity index (χ0n) is 10.7. The third kappa shape index (κ3) is 3.01. The molecular weight excluding hydrogens is 270 g/mol. The first-order valence-corrected chi connectivity index (χ1v) is 8.38. The van der Waals surface area contributed by atoms with Gasteiger partial charge in [-0.2, -0.15) is 0 Å². The molecule has 0 amide bonds. The van der Waals surface area contributed by atoms with Crippen molar-refractivity contribution in [1.82, 2.24) is 9.21 Å². The molecule has 2 aliphatic heterocycles. The second-order valence-corrected chi connectivity index (χ2v) is 7.81. The van der Waals surface area contributed by atoms with Gasteiger partial charge in [-0.05, 0) is 38.8 Å². The molecule has 5 nitrogen and oxygen atoms in total. The van der Waals surface area contributed by atoms with E-state index in [1.807, 2.05) is 0 Å². The standard InChI is InChI=1S/C11H21N3O2S2/c1-13-5-2-3-9-7-14(6-4-10(9)13)18(15,16)8-11(12)17/h9-10H,2-8H2,1H3,(H2,12,17). The molecule has 2 rings (SSSR count). The molecule has 7 heteroatoms. The first-order valence-electron chi connectivity index (χ1n) is 6.36. The Hall–Kier alpha value is -0.240. The predicted octanol–water partition coefficient (Wildman–Crippen LogP) is 0.0184. The molecule has 0 aromatic rings. The number of sulfonamides is 1. The lowest BCUT2D eigenvalue weighted by Gasteiger charge is -2.45. The van der Waals surface area contributed by atoms with E-state index < -0.39 is 10.0 Å². The Labute approximate surface area is 114 Å². The number of piperidine rings is 2. The zero-order chi connectivity index (χ0) is 13.3. The molecule has 2 saturated heterocycles. The summed E-state index contributed by atoms with van der Waals surface area (Å²) in [6.07, 6.45) is 3.19. The molecule has 104 valence electrons. The van der Waals surface area contributed by atoms with Crippen molar-refractivity contribution in [3.63, 3.8) is 0 Å². The van der Waals surface area contributed by atoms with Crippen LogP contribution in [-0.4, -0.2) is 61.1 Å². The van der Waals surface area contributed by atoms with Gasteiger partial charge in [-0.15, -0.1) is 0 Å². The summed E-state index contributed by atoms with van der Waals surface area (Å²) < 4.78 is 25.8. The van der Waals surface area contributed by atoms with Crippen molar-refractivity contribution in [2.75, 3.05) is 32.4 Å². The van der Waals surface area contributed by atoms with E-state index in [9.17, 15) is 8.42 Å². The molecule has 0 aromatic heterocycles. The Morgan fingerprint density at radius 1 is 1.39 bits per heavy atom. The van der Waals surface area contributed by atoms with E-state index in [1.165, 1.54) is 0 Å². The molecule has 0 aromatic carbocycles. The SMILES string of the molecule is CN1CCCC2CN(S(=O)(=O)CC(N)=S)CCC21. The van der Waals surface area contributed by atoms with Crippen LogP contribution in [-0.2, 0) is 10.0 Å². The van der Waals surface area contributed by atoms with Gasteiger partial charge in [-0.25, -0.2) is 12.7 Å². The number of rotatable bonds is 3. The second-order valence-electron chi connectivity index (χ2n) is 5.32. The van der Waals surface area contributed by atoms with Crippen LogP contribution in [0, 0.1) is 5.92 Å². The maximum atomic E-state index is 12.1. The van der Waals surface area contributed by atoms with Crippen molar-refractivity contribution < 1.29 is 8.42 Å². The topological polar surface area (TPSA) is 66.6 Å². The lowest BCUT2D eigenvalue weighted by molar-refractivity contribution is 0.0673. The Balaban J connectivity index is 2.04. The van der Waals surface area contributed by atoms with Crippen molar-refractivity contribution in [2.45, 2.75) is 25.3 Å². The van der Waals surface area contributed by atoms with E-state index >= 15 is 0 Å². The third-order valence-electron chi connectivity index (χ3n) is 4.03. The summed E-state index contributed by atoms with van der Waals surface area (Å²) >= 11 is 4.71. The molecule has 2 aliphatic rings. The lowest BCUT2D eigenvalue weighted by Crippen LogP contribution is -2.54. The van der Waals surface area contributed by atoms with E-state index in [1.54, 1.807) is 4.31 Å². The van der Waals surface area contributed by atoms with E-state index in [2.05, 4.69) is 11.9 Å². The van der Waals surface area contributed by atoms with Gasteiger partial charge < -0.3 is 10.6 Å². The van der Waals surface area contributed by atoms with Gasteiger partial charge >= 0.3 is 0 Å². The van der Waals surface area contributed by atoms with Gasteiger partial charge in [0, 0.05) is 19.1 Å². The largest absolute Gasteiger partial charge is 0.392 e. The summed E-state index contributed by atoms with van der Waals surface area (Å²) in [4.78, 5) is 2.42. The summed E-state index contributed by atoms with van der Waals surface area (Å²) in [6.45, 7) is 2.34. The fraction of sp³-hybridized carbons (Fsp3) is 0.909. The zero-order valence-corrected chi connectivity index (χ0v) is 12.3. The molecule has 0 bridgehead atoms. The third-order valence-corrected chi connectivity index (χ3v) is 6.15. The highest BCUT2D eigenvalue weighted by Gasteiger charge is 2.38. The van der Waals surface area contributed by atoms with Gasteiger partial charge in [0.15, 0.2) is 0 Å². The van der Waals surface area contributed by atoms with Crippen LogP contribution in [0.3, 0.4) is 0 Å². The molecule has 0 spiro atoms. The molecule has 2 unspecified atom stereocenters. The number of fused-ring (bicyclic) bond motifs is 1. The maximum Gasteiger partial charge on any atom is 0.220 e. The molecule has 2 heterocycles. The number of nitrogens with zero attached hydrogens (tertiary/aromatic N) is 2. The molecule has 2 fully saturated rings. The molecule has 0 saturated carbocycles. The molecule has 0 aliphatic carbocycles. The van der Waals surface area contributed by atoms with Crippen LogP contribution >= 0.6 is 12.2 Å². The van der Waals surface area contributed by atoms with E-state index in [0.29, 0.717) is 25.0 Å². The first kappa shape index (κ1) is 14.2. The highest BCUT2D eigenvalue weighted by molar-refractivity contribution is 7.92. The van der Waals surface area contributed by atoms with E-state index in [-0.39, 0.29) is 10.7 Å². The van der Waals surface area contributed by atoms with Crippen LogP contribution in [0.15, 0.2) is 0 Å². The Morgan fingerprint density at radius 2 is 2.11 bits per heavy atom. The van der Waals surface area contributed by atoms with Crippen molar-refractivity contribution in [3.8, 4) is 0 Å². The van der Waals surface area contributed by atoms with Crippen LogP contribution in [0.1, 0.15) is 19.3 Å². The smallest absolute Gasteiger partial charge is 0.220 e. The van der Waals surface area contributed by atoms with Gasteiger partial charge in [0.1, 0.15) is 5.75 Å². The highest BCUT2D eigenvalue weighted by atomic mass is 32.2. The minimum atomic E-state index is -3.30. The number of likely N-dealkylation sites (tertiary alicyclic amines) is 1. The Kier molecular flexibility index (Phi) is 4.25. The molecular formula is C11H21N3O2S2.